The summed E-state index contributed by atoms with van der Waals surface area (Å²) in [7, 11) is 0. The van der Waals surface area contributed by atoms with Gasteiger partial charge in [-0.3, -0.25) is 18.9 Å². The molecule has 6 atom stereocenters. The molecule has 208 valence electrons. The molecule has 16 nitrogen and oxygen atoms in total. The van der Waals surface area contributed by atoms with Crippen molar-refractivity contribution in [2.75, 3.05) is 18.9 Å². The standard InChI is InChI=1S/C19H21FN9O7PS2/c20-11-9-4-33-19(38)32-2-1-28-10(25-8-3-22-6-23-14(8)28)5-34-37(31,39)36-13(11)17(35-9)29-7-24-12-15(29)26-18(21)27-16(12)30/h3,6-7,9,11,13,17,19,38H,1-2,4-5H2,(H,31,39)(H3,21,26,27,30)/t9-,11-,13-,17-,19?,37?/m1/s1. The van der Waals surface area contributed by atoms with Crippen molar-refractivity contribution in [2.24, 2.45) is 0 Å². The van der Waals surface area contributed by atoms with E-state index < -0.39 is 42.5 Å². The number of aromatic amines is 1. The molecule has 2 aliphatic heterocycles. The minimum absolute atomic E-state index is 0.00964. The molecule has 4 aromatic rings. The van der Waals surface area contributed by atoms with E-state index in [1.54, 1.807) is 4.57 Å². The summed E-state index contributed by atoms with van der Waals surface area (Å²) in [6, 6.07) is 0. The van der Waals surface area contributed by atoms with E-state index in [2.05, 4.69) is 42.5 Å². The number of hydrogen-bond donors (Lipinski definition) is 4. The molecule has 2 aliphatic rings. The number of imidazole rings is 2. The second-order valence-corrected chi connectivity index (χ2v) is 11.7. The zero-order valence-electron chi connectivity index (χ0n) is 19.7. The fourth-order valence-electron chi connectivity index (χ4n) is 4.36. The van der Waals surface area contributed by atoms with Crippen LogP contribution in [0.4, 0.5) is 10.3 Å². The number of rotatable bonds is 1. The number of hydrogen-bond acceptors (Lipinski definition) is 14. The lowest BCUT2D eigenvalue weighted by Gasteiger charge is -2.25. The highest BCUT2D eigenvalue weighted by Gasteiger charge is 2.50. The van der Waals surface area contributed by atoms with Gasteiger partial charge in [-0.1, -0.05) is 0 Å². The molecular weight excluding hydrogens is 580 g/mol. The average molecular weight is 602 g/mol. The molecule has 0 aliphatic carbocycles. The van der Waals surface area contributed by atoms with E-state index in [4.69, 9.17) is 40.8 Å². The topological polar surface area (TPSA) is 200 Å². The largest absolute Gasteiger partial charge is 0.369 e. The number of aromatic nitrogens is 8. The van der Waals surface area contributed by atoms with Crippen LogP contribution in [0.5, 0.6) is 0 Å². The highest BCUT2D eigenvalue weighted by atomic mass is 32.5. The summed E-state index contributed by atoms with van der Waals surface area (Å²) in [5.41, 5.74) is 5.01. The molecule has 0 spiro atoms. The van der Waals surface area contributed by atoms with E-state index in [1.807, 2.05) is 0 Å². The van der Waals surface area contributed by atoms with E-state index in [9.17, 15) is 9.69 Å². The molecule has 2 unspecified atom stereocenters. The summed E-state index contributed by atoms with van der Waals surface area (Å²) in [4.78, 5) is 46.3. The summed E-state index contributed by atoms with van der Waals surface area (Å²) in [6.07, 6.45) is -1.75. The lowest BCUT2D eigenvalue weighted by Crippen LogP contribution is -2.33. The predicted octanol–water partition coefficient (Wildman–Crippen LogP) is 0.156. The molecule has 1 fully saturated rings. The van der Waals surface area contributed by atoms with Crippen molar-refractivity contribution in [2.45, 2.75) is 43.4 Å². The van der Waals surface area contributed by atoms with E-state index >= 15 is 4.39 Å². The Morgan fingerprint density at radius 1 is 1.28 bits per heavy atom. The molecule has 6 heterocycles. The third-order valence-electron chi connectivity index (χ3n) is 6.07. The Balaban J connectivity index is 1.36. The Morgan fingerprint density at radius 3 is 2.97 bits per heavy atom. The first-order valence-corrected chi connectivity index (χ1v) is 14.5. The number of fused-ring (bicyclic) bond motifs is 6. The van der Waals surface area contributed by atoms with E-state index in [1.165, 1.54) is 23.4 Å². The minimum Gasteiger partial charge on any atom is -0.369 e. The van der Waals surface area contributed by atoms with E-state index in [0.717, 1.165) is 0 Å². The first-order chi connectivity index (χ1) is 18.7. The molecule has 0 saturated carbocycles. The Hall–Kier alpha value is -2.61. The maximum absolute atomic E-state index is 15.8. The van der Waals surface area contributed by atoms with Crippen LogP contribution in [0.2, 0.25) is 0 Å². The van der Waals surface area contributed by atoms with Crippen LogP contribution in [-0.2, 0) is 48.2 Å². The van der Waals surface area contributed by atoms with Gasteiger partial charge in [0.25, 0.3) is 5.56 Å². The second kappa shape index (κ2) is 10.4. The highest BCUT2D eigenvalue weighted by Crippen LogP contribution is 2.51. The molecule has 0 aromatic carbocycles. The summed E-state index contributed by atoms with van der Waals surface area (Å²) in [5.74, 6) is 0.162. The fraction of sp³-hybridized carbons (Fsp3) is 0.474. The normalized spacial score (nSPS) is 30.7. The van der Waals surface area contributed by atoms with Crippen LogP contribution >= 0.6 is 19.3 Å². The summed E-state index contributed by atoms with van der Waals surface area (Å²) in [5, 5.41) is 0. The minimum atomic E-state index is -4.10. The van der Waals surface area contributed by atoms with Crippen LogP contribution in [-0.4, -0.2) is 81.1 Å². The molecule has 20 heteroatoms. The summed E-state index contributed by atoms with van der Waals surface area (Å²) < 4.78 is 47.1. The third kappa shape index (κ3) is 5.17. The van der Waals surface area contributed by atoms with Crippen molar-refractivity contribution in [1.29, 1.82) is 0 Å². The molecule has 4 aromatic heterocycles. The van der Waals surface area contributed by atoms with Gasteiger partial charge in [-0.15, -0.1) is 12.6 Å². The van der Waals surface area contributed by atoms with Crippen molar-refractivity contribution < 1.29 is 32.5 Å². The quantitative estimate of drug-likeness (QED) is 0.170. The first kappa shape index (κ1) is 26.6. The number of anilines is 1. The zero-order valence-corrected chi connectivity index (χ0v) is 22.3. The van der Waals surface area contributed by atoms with Crippen molar-refractivity contribution >= 4 is 59.4 Å². The van der Waals surface area contributed by atoms with Crippen LogP contribution in [0.3, 0.4) is 0 Å². The first-order valence-electron chi connectivity index (χ1n) is 11.4. The van der Waals surface area contributed by atoms with Crippen LogP contribution < -0.4 is 11.3 Å². The van der Waals surface area contributed by atoms with Gasteiger partial charge in [0.05, 0.1) is 25.7 Å². The highest BCUT2D eigenvalue weighted by molar-refractivity contribution is 8.07. The third-order valence-corrected chi connectivity index (χ3v) is 7.91. The number of nitrogen functional groups attached to an aromatic ring is 1. The zero-order chi connectivity index (χ0) is 27.3. The van der Waals surface area contributed by atoms with Crippen molar-refractivity contribution in [1.82, 2.24) is 39.0 Å². The maximum atomic E-state index is 15.8. The smallest absolute Gasteiger partial charge is 0.325 e. The number of thiol groups is 1. The summed E-state index contributed by atoms with van der Waals surface area (Å²) in [6.45, 7) is -4.28. The van der Waals surface area contributed by atoms with Crippen molar-refractivity contribution in [3.05, 3.63) is 35.0 Å². The number of halogens is 1. The lowest BCUT2D eigenvalue weighted by molar-refractivity contribution is -0.124. The molecule has 0 amide bonds. The van der Waals surface area contributed by atoms with Crippen LogP contribution in [0.1, 0.15) is 12.1 Å². The number of nitrogens with one attached hydrogen (secondary N) is 1. The van der Waals surface area contributed by atoms with Gasteiger partial charge < -0.3 is 33.9 Å². The second-order valence-electron chi connectivity index (χ2n) is 8.52. The fourth-order valence-corrected chi connectivity index (χ4v) is 5.87. The average Bonchev–Trinajstić information content (AvgIpc) is 3.55. The Labute approximate surface area is 228 Å². The molecule has 6 rings (SSSR count). The predicted molar refractivity (Wildman–Crippen MR) is 138 cm³/mol. The monoisotopic (exact) mass is 601 g/mol. The van der Waals surface area contributed by atoms with Crippen molar-refractivity contribution in [3.8, 4) is 0 Å². The lowest BCUT2D eigenvalue weighted by atomic mass is 10.1. The Morgan fingerprint density at radius 2 is 2.13 bits per heavy atom. The molecule has 2 bridgehead atoms. The molecule has 4 N–H and O–H groups in total. The van der Waals surface area contributed by atoms with Gasteiger partial charge in [0.2, 0.25) is 11.6 Å². The van der Waals surface area contributed by atoms with Crippen LogP contribution in [0, 0.1) is 0 Å². The molecular formula is C19H21FN9O7PS2. The van der Waals surface area contributed by atoms with E-state index in [0.29, 0.717) is 17.0 Å². The Kier molecular flexibility index (Phi) is 7.11. The Bertz CT molecular complexity index is 1640. The van der Waals surface area contributed by atoms with Gasteiger partial charge in [-0.05, 0) is 11.8 Å². The molecule has 39 heavy (non-hydrogen) atoms. The van der Waals surface area contributed by atoms with Gasteiger partial charge in [-0.25, -0.2) is 24.3 Å². The number of alkyl halides is 1. The van der Waals surface area contributed by atoms with Crippen molar-refractivity contribution in [3.63, 3.8) is 0 Å². The van der Waals surface area contributed by atoms with Crippen LogP contribution in [0.15, 0.2) is 23.6 Å². The van der Waals surface area contributed by atoms with Gasteiger partial charge in [0, 0.05) is 6.54 Å². The number of nitrogens with two attached hydrogens (primary N) is 1. The van der Waals surface area contributed by atoms with Crippen LogP contribution in [0.25, 0.3) is 22.3 Å². The molecule has 0 radical (unpaired) electrons. The summed E-state index contributed by atoms with van der Waals surface area (Å²) >= 11 is 9.49. The van der Waals surface area contributed by atoms with Gasteiger partial charge in [0.1, 0.15) is 36.5 Å². The number of ether oxygens (including phenoxy) is 3. The van der Waals surface area contributed by atoms with E-state index in [-0.39, 0.29) is 43.5 Å². The SMILES string of the molecule is Nc1nc2c(ncn2[C@@H]2O[C@@H]3COC(S)OCCn4c(nc5cncnc54)COP(O)(=S)O[C@@H]2[C@@H]3F)c(=O)[nH]1. The maximum Gasteiger partial charge on any atom is 0.325 e. The van der Waals surface area contributed by atoms with Gasteiger partial charge in [-0.2, -0.15) is 4.98 Å². The number of H-pyrrole nitrogens is 1. The van der Waals surface area contributed by atoms with Gasteiger partial charge >= 0.3 is 6.72 Å². The molecule has 1 saturated heterocycles. The number of nitrogens with zero attached hydrogens (tertiary/aromatic N) is 7. The van der Waals surface area contributed by atoms with Gasteiger partial charge in [0.15, 0.2) is 29.2 Å².